The van der Waals surface area contributed by atoms with Crippen molar-refractivity contribution in [3.05, 3.63) is 41.9 Å². The molecule has 3 rings (SSSR count). The predicted octanol–water partition coefficient (Wildman–Crippen LogP) is 1.58. The predicted molar refractivity (Wildman–Crippen MR) is 112 cm³/mol. The van der Waals surface area contributed by atoms with Crippen molar-refractivity contribution in [1.82, 2.24) is 25.2 Å². The van der Waals surface area contributed by atoms with E-state index >= 15 is 0 Å². The van der Waals surface area contributed by atoms with E-state index in [0.717, 1.165) is 43.4 Å². The van der Waals surface area contributed by atoms with Crippen LogP contribution in [-0.2, 0) is 0 Å². The van der Waals surface area contributed by atoms with Crippen molar-refractivity contribution in [3.63, 3.8) is 0 Å². The maximum absolute atomic E-state index is 5.24. The van der Waals surface area contributed by atoms with Crippen molar-refractivity contribution >= 4 is 35.1 Å². The van der Waals surface area contributed by atoms with Gasteiger partial charge in [0.05, 0.1) is 0 Å². The molecule has 1 fully saturated rings. The Morgan fingerprint density at radius 2 is 1.81 bits per heavy atom. The number of hydrogen-bond donors (Lipinski definition) is 2. The summed E-state index contributed by atoms with van der Waals surface area (Å²) in [5.41, 5.74) is 1.81. The van der Waals surface area contributed by atoms with Gasteiger partial charge in [0.25, 0.3) is 0 Å². The first-order valence-corrected chi connectivity index (χ1v) is 9.26. The van der Waals surface area contributed by atoms with Crippen LogP contribution in [0.1, 0.15) is 11.4 Å². The van der Waals surface area contributed by atoms with Gasteiger partial charge >= 0.3 is 0 Å². The molecule has 0 atom stereocenters. The highest BCUT2D eigenvalue weighted by Gasteiger charge is 2.22. The lowest BCUT2D eigenvalue weighted by molar-refractivity contribution is 0.384. The summed E-state index contributed by atoms with van der Waals surface area (Å²) in [5, 5.41) is 6.55. The summed E-state index contributed by atoms with van der Waals surface area (Å²) >= 11 is 5.24. The molecule has 9 heteroatoms. The summed E-state index contributed by atoms with van der Waals surface area (Å²) in [6.45, 7) is 7.16. The van der Waals surface area contributed by atoms with Crippen molar-refractivity contribution in [2.45, 2.75) is 13.8 Å². The average molecular weight is 385 g/mol. The minimum absolute atomic E-state index is 0.411. The fourth-order valence-corrected chi connectivity index (χ4v) is 2.99. The number of thiocarbonyl (C=S) groups is 1. The minimum atomic E-state index is 0.411. The zero-order chi connectivity index (χ0) is 19.2. The van der Waals surface area contributed by atoms with E-state index in [-0.39, 0.29) is 0 Å². The van der Waals surface area contributed by atoms with Crippen LogP contribution in [-0.4, -0.2) is 64.2 Å². The Morgan fingerprint density at radius 1 is 1.11 bits per heavy atom. The van der Waals surface area contributed by atoms with E-state index in [4.69, 9.17) is 12.2 Å². The molecule has 0 unspecified atom stereocenters. The van der Waals surface area contributed by atoms with Crippen LogP contribution >= 0.6 is 12.2 Å². The number of nitrogens with one attached hydrogen (secondary N) is 2. The largest absolute Gasteiger partial charge is 0.364 e. The first-order chi connectivity index (χ1) is 13.0. The summed E-state index contributed by atoms with van der Waals surface area (Å²) < 4.78 is 0. The molecule has 0 radical (unpaired) electrons. The maximum Gasteiger partial charge on any atom is 0.229 e. The van der Waals surface area contributed by atoms with Crippen molar-refractivity contribution in [3.8, 4) is 0 Å². The van der Waals surface area contributed by atoms with Gasteiger partial charge in [0.2, 0.25) is 11.9 Å². The van der Waals surface area contributed by atoms with Gasteiger partial charge in [-0.05, 0) is 44.3 Å². The van der Waals surface area contributed by atoms with Crippen LogP contribution in [0.3, 0.4) is 0 Å². The molecule has 0 bridgehead atoms. The third-order valence-corrected chi connectivity index (χ3v) is 4.48. The van der Waals surface area contributed by atoms with E-state index in [9.17, 15) is 0 Å². The van der Waals surface area contributed by atoms with Gasteiger partial charge in [0.15, 0.2) is 5.11 Å². The van der Waals surface area contributed by atoms with E-state index in [2.05, 4.69) is 40.4 Å². The molecule has 0 saturated carbocycles. The van der Waals surface area contributed by atoms with Gasteiger partial charge in [0.1, 0.15) is 5.82 Å². The number of aryl methyl sites for hydroxylation is 2. The van der Waals surface area contributed by atoms with Crippen LogP contribution in [0.25, 0.3) is 0 Å². The minimum Gasteiger partial charge on any atom is -0.364 e. The second-order valence-corrected chi connectivity index (χ2v) is 6.64. The summed E-state index contributed by atoms with van der Waals surface area (Å²) in [6, 6.07) is 7.90. The lowest BCUT2D eigenvalue weighted by Crippen LogP contribution is -2.51. The van der Waals surface area contributed by atoms with Gasteiger partial charge in [-0.25, -0.2) is 15.0 Å². The fourth-order valence-electron chi connectivity index (χ4n) is 2.90. The second kappa shape index (κ2) is 8.72. The molecular weight excluding hydrogens is 360 g/mol. The second-order valence-electron chi connectivity index (χ2n) is 6.25. The Balaban J connectivity index is 1.74. The maximum atomic E-state index is 5.24. The Morgan fingerprint density at radius 3 is 2.41 bits per heavy atom. The highest BCUT2D eigenvalue weighted by Crippen LogP contribution is 2.13. The molecule has 0 aromatic carbocycles. The highest BCUT2D eigenvalue weighted by atomic mass is 32.1. The normalized spacial score (nSPS) is 14.9. The van der Waals surface area contributed by atoms with Crippen LogP contribution in [0.15, 0.2) is 35.5 Å². The average Bonchev–Trinajstić information content (AvgIpc) is 2.67. The molecule has 3 heterocycles. The number of hydrogen-bond acceptors (Lipinski definition) is 5. The van der Waals surface area contributed by atoms with E-state index in [1.807, 2.05) is 44.3 Å². The zero-order valence-electron chi connectivity index (χ0n) is 15.8. The standard InChI is InChI=1S/C18H24N8S/c1-13-12-14(2)22-16(21-13)23-17(24-18(27)19-3)26-10-8-25(9-11-26)15-6-4-5-7-20-15/h4-7,12H,8-11H2,1-3H3,(H2,19,21,22,23,24,27). The number of pyridine rings is 1. The molecule has 27 heavy (non-hydrogen) atoms. The van der Waals surface area contributed by atoms with Gasteiger partial charge in [0, 0.05) is 50.8 Å². The number of anilines is 2. The third-order valence-electron chi connectivity index (χ3n) is 4.18. The summed E-state index contributed by atoms with van der Waals surface area (Å²) in [4.78, 5) is 22.3. The van der Waals surface area contributed by atoms with Gasteiger partial charge in [-0.1, -0.05) is 6.07 Å². The Labute approximate surface area is 164 Å². The summed E-state index contributed by atoms with van der Waals surface area (Å²) in [7, 11) is 1.76. The smallest absolute Gasteiger partial charge is 0.229 e. The number of rotatable bonds is 2. The molecule has 1 saturated heterocycles. The van der Waals surface area contributed by atoms with Crippen molar-refractivity contribution < 1.29 is 0 Å². The molecular formula is C18H24N8S. The molecule has 142 valence electrons. The van der Waals surface area contributed by atoms with Crippen LogP contribution in [0.4, 0.5) is 11.8 Å². The Bertz CT molecular complexity index is 795. The van der Waals surface area contributed by atoms with Crippen LogP contribution in [0, 0.1) is 13.8 Å². The molecule has 0 aliphatic carbocycles. The van der Waals surface area contributed by atoms with Crippen molar-refractivity contribution in [1.29, 1.82) is 0 Å². The van der Waals surface area contributed by atoms with Crippen molar-refractivity contribution in [2.75, 3.05) is 43.4 Å². The van der Waals surface area contributed by atoms with Crippen LogP contribution in [0.5, 0.6) is 0 Å². The molecule has 2 aromatic heterocycles. The number of nitrogens with zero attached hydrogens (tertiary/aromatic N) is 6. The Hall–Kier alpha value is -2.81. The van der Waals surface area contributed by atoms with Gasteiger partial charge < -0.3 is 15.1 Å². The molecule has 0 spiro atoms. The number of guanidine groups is 1. The quantitative estimate of drug-likeness (QED) is 0.459. The SMILES string of the molecule is CNC(=S)/N=C(/Nc1nc(C)cc(C)n1)N1CCN(c2ccccn2)CC1. The molecule has 8 nitrogen and oxygen atoms in total. The van der Waals surface area contributed by atoms with E-state index in [1.54, 1.807) is 7.05 Å². The molecule has 2 N–H and O–H groups in total. The lowest BCUT2D eigenvalue weighted by atomic mass is 10.3. The van der Waals surface area contributed by atoms with Gasteiger partial charge in [-0.3, -0.25) is 5.32 Å². The topological polar surface area (TPSA) is 81.6 Å². The van der Waals surface area contributed by atoms with Crippen molar-refractivity contribution in [2.24, 2.45) is 4.99 Å². The number of piperazine rings is 1. The molecule has 2 aromatic rings. The fraction of sp³-hybridized carbons (Fsp3) is 0.389. The molecule has 0 amide bonds. The lowest BCUT2D eigenvalue weighted by Gasteiger charge is -2.36. The third kappa shape index (κ3) is 5.10. The zero-order valence-corrected chi connectivity index (χ0v) is 16.6. The van der Waals surface area contributed by atoms with Crippen LogP contribution < -0.4 is 15.5 Å². The Kier molecular flexibility index (Phi) is 6.12. The first kappa shape index (κ1) is 19.0. The first-order valence-electron chi connectivity index (χ1n) is 8.86. The van der Waals surface area contributed by atoms with Gasteiger partial charge in [-0.2, -0.15) is 4.99 Å². The number of aliphatic imine (C=N–C) groups is 1. The number of aromatic nitrogens is 3. The monoisotopic (exact) mass is 384 g/mol. The molecule has 1 aliphatic rings. The van der Waals surface area contributed by atoms with E-state index in [1.165, 1.54) is 0 Å². The van der Waals surface area contributed by atoms with E-state index < -0.39 is 0 Å². The van der Waals surface area contributed by atoms with Gasteiger partial charge in [-0.15, -0.1) is 0 Å². The summed E-state index contributed by atoms with van der Waals surface area (Å²) in [5.74, 6) is 2.17. The summed E-state index contributed by atoms with van der Waals surface area (Å²) in [6.07, 6.45) is 1.82. The molecule has 1 aliphatic heterocycles. The van der Waals surface area contributed by atoms with Crippen LogP contribution in [0.2, 0.25) is 0 Å². The highest BCUT2D eigenvalue weighted by molar-refractivity contribution is 7.80. The van der Waals surface area contributed by atoms with E-state index in [0.29, 0.717) is 17.0 Å².